The molecule has 20 heavy (non-hydrogen) atoms. The summed E-state index contributed by atoms with van der Waals surface area (Å²) in [5, 5.41) is 10.9. The van der Waals surface area contributed by atoms with E-state index in [1.807, 2.05) is 19.1 Å². The molecule has 1 N–H and O–H groups in total. The Labute approximate surface area is 117 Å². The molecule has 0 unspecified atom stereocenters. The number of hydrogen-bond acceptors (Lipinski definition) is 5. The molecule has 2 aliphatic heterocycles. The summed E-state index contributed by atoms with van der Waals surface area (Å²) in [6.07, 6.45) is 4.59. The van der Waals surface area contributed by atoms with Gasteiger partial charge in [-0.05, 0) is 32.8 Å². The van der Waals surface area contributed by atoms with E-state index >= 15 is 0 Å². The Morgan fingerprint density at radius 2 is 2.10 bits per heavy atom. The first-order valence-electron chi connectivity index (χ1n) is 7.00. The third-order valence-electron chi connectivity index (χ3n) is 5.56. The van der Waals surface area contributed by atoms with E-state index in [1.165, 1.54) is 0 Å². The second-order valence-electron chi connectivity index (χ2n) is 6.77. The largest absolute Gasteiger partial charge is 0.458 e. The van der Waals surface area contributed by atoms with Crippen molar-refractivity contribution in [1.82, 2.24) is 0 Å². The minimum Gasteiger partial charge on any atom is -0.458 e. The molecule has 1 saturated carbocycles. The summed E-state index contributed by atoms with van der Waals surface area (Å²) < 4.78 is 5.56. The quantitative estimate of drug-likeness (QED) is 0.313. The molecular formula is C15H18O5. The summed E-state index contributed by atoms with van der Waals surface area (Å²) in [5.74, 6) is -0.669. The summed E-state index contributed by atoms with van der Waals surface area (Å²) in [6, 6.07) is 0. The number of ether oxygens (including phenoxy) is 1. The Morgan fingerprint density at radius 1 is 1.35 bits per heavy atom. The fourth-order valence-corrected chi connectivity index (χ4v) is 4.32. The molecule has 0 aromatic heterocycles. The van der Waals surface area contributed by atoms with Crippen molar-refractivity contribution in [3.8, 4) is 0 Å². The van der Waals surface area contributed by atoms with Gasteiger partial charge in [0.25, 0.3) is 0 Å². The zero-order valence-electron chi connectivity index (χ0n) is 11.6. The predicted octanol–water partition coefficient (Wildman–Crippen LogP) is 1.27. The normalized spacial score (nSPS) is 56.5. The van der Waals surface area contributed by atoms with Gasteiger partial charge in [0.1, 0.15) is 11.7 Å². The van der Waals surface area contributed by atoms with Gasteiger partial charge in [-0.2, -0.15) is 0 Å². The van der Waals surface area contributed by atoms with Crippen molar-refractivity contribution in [2.45, 2.75) is 49.6 Å². The van der Waals surface area contributed by atoms with Crippen molar-refractivity contribution in [2.75, 3.05) is 0 Å². The van der Waals surface area contributed by atoms with Crippen LogP contribution >= 0.6 is 0 Å². The smallest absolute Gasteiger partial charge is 0.334 e. The number of hydrogen-bond donors (Lipinski definition) is 1. The van der Waals surface area contributed by atoms with E-state index in [4.69, 9.17) is 14.5 Å². The Bertz CT molecular complexity index is 550. The van der Waals surface area contributed by atoms with Crippen molar-refractivity contribution in [3.63, 3.8) is 0 Å². The van der Waals surface area contributed by atoms with Crippen LogP contribution < -0.4 is 0 Å². The highest BCUT2D eigenvalue weighted by Crippen LogP contribution is 2.61. The lowest BCUT2D eigenvalue weighted by Gasteiger charge is -2.39. The van der Waals surface area contributed by atoms with Gasteiger partial charge >= 0.3 is 5.97 Å². The second-order valence-corrected chi connectivity index (χ2v) is 6.77. The van der Waals surface area contributed by atoms with Crippen molar-refractivity contribution in [1.29, 1.82) is 0 Å². The molecule has 4 aliphatic rings. The van der Waals surface area contributed by atoms with Crippen LogP contribution in [0.2, 0.25) is 0 Å². The van der Waals surface area contributed by atoms with Crippen molar-refractivity contribution < 1.29 is 24.4 Å². The van der Waals surface area contributed by atoms with Crippen LogP contribution in [0.5, 0.6) is 0 Å². The minimum absolute atomic E-state index is 0.0784. The summed E-state index contributed by atoms with van der Waals surface area (Å²) in [7, 11) is 0. The van der Waals surface area contributed by atoms with Crippen LogP contribution in [0.4, 0.5) is 0 Å². The average molecular weight is 278 g/mol. The van der Waals surface area contributed by atoms with E-state index in [9.17, 15) is 9.90 Å². The molecule has 2 bridgehead atoms. The molecule has 3 fully saturated rings. The number of rotatable bonds is 0. The third kappa shape index (κ3) is 1.18. The highest BCUT2D eigenvalue weighted by Gasteiger charge is 2.73. The fraction of sp³-hybridized carbons (Fsp3) is 0.667. The molecule has 5 nitrogen and oxygen atoms in total. The van der Waals surface area contributed by atoms with Crippen LogP contribution in [0.1, 0.15) is 26.7 Å². The van der Waals surface area contributed by atoms with Gasteiger partial charge in [-0.1, -0.05) is 12.7 Å². The fourth-order valence-electron chi connectivity index (χ4n) is 4.32. The van der Waals surface area contributed by atoms with Crippen LogP contribution in [0.15, 0.2) is 24.3 Å². The highest BCUT2D eigenvalue weighted by atomic mass is 17.2. The van der Waals surface area contributed by atoms with E-state index in [0.29, 0.717) is 18.4 Å². The van der Waals surface area contributed by atoms with E-state index < -0.39 is 16.8 Å². The first-order valence-corrected chi connectivity index (χ1v) is 7.00. The Kier molecular flexibility index (Phi) is 2.10. The summed E-state index contributed by atoms with van der Waals surface area (Å²) >= 11 is 0. The second kappa shape index (κ2) is 3.35. The number of aliphatic hydroxyl groups is 1. The van der Waals surface area contributed by atoms with Gasteiger partial charge in [-0.25, -0.2) is 14.6 Å². The number of esters is 1. The first kappa shape index (κ1) is 12.6. The standard InChI is InChI=1S/C15H18O5/c1-8-9-4-5-14(3,17)15-7-6-13(2,19-20-15)11(15)10(9)18-12(8)16/h6-7,9-11,17H,1,4-5H2,2-3H3/t9-,10-,11-,13-,14+,15-/m0/s1. The Morgan fingerprint density at radius 3 is 2.75 bits per heavy atom. The number of carbonyl (C=O) groups is 1. The van der Waals surface area contributed by atoms with Crippen molar-refractivity contribution in [2.24, 2.45) is 11.8 Å². The molecule has 2 aliphatic carbocycles. The van der Waals surface area contributed by atoms with Gasteiger partial charge in [0.15, 0.2) is 5.60 Å². The summed E-state index contributed by atoms with van der Waals surface area (Å²) in [4.78, 5) is 22.9. The van der Waals surface area contributed by atoms with E-state index in [1.54, 1.807) is 6.92 Å². The SMILES string of the molecule is C=C1C(=O)O[C@@H]2[C@@H]3[C@@]4(C=C[C@]3(C)OO4)[C@](C)(O)CC[C@@H]12. The molecule has 5 heteroatoms. The zero-order valence-corrected chi connectivity index (χ0v) is 11.6. The van der Waals surface area contributed by atoms with Crippen LogP contribution in [-0.2, 0) is 19.3 Å². The third-order valence-corrected chi connectivity index (χ3v) is 5.56. The predicted molar refractivity (Wildman–Crippen MR) is 68.3 cm³/mol. The average Bonchev–Trinajstić information content (AvgIpc) is 2.92. The molecular weight excluding hydrogens is 260 g/mol. The number of carbonyl (C=O) groups excluding carboxylic acids is 1. The molecule has 2 saturated heterocycles. The van der Waals surface area contributed by atoms with Crippen molar-refractivity contribution >= 4 is 5.97 Å². The minimum atomic E-state index is -1.07. The van der Waals surface area contributed by atoms with Crippen molar-refractivity contribution in [3.05, 3.63) is 24.3 Å². The van der Waals surface area contributed by atoms with Crippen LogP contribution in [0, 0.1) is 11.8 Å². The number of fused-ring (bicyclic) bond motifs is 1. The Hall–Kier alpha value is -1.17. The zero-order chi connectivity index (χ0) is 14.3. The van der Waals surface area contributed by atoms with Crippen LogP contribution in [-0.4, -0.2) is 34.0 Å². The lowest BCUT2D eigenvalue weighted by atomic mass is 9.71. The maximum Gasteiger partial charge on any atom is 0.334 e. The lowest BCUT2D eigenvalue weighted by molar-refractivity contribution is -0.360. The first-order chi connectivity index (χ1) is 9.31. The molecule has 4 rings (SSSR count). The molecule has 6 atom stereocenters. The maximum atomic E-state index is 11.9. The van der Waals surface area contributed by atoms with E-state index in [2.05, 4.69) is 6.58 Å². The van der Waals surface area contributed by atoms with Gasteiger partial charge in [0.05, 0.1) is 11.5 Å². The van der Waals surface area contributed by atoms with Gasteiger partial charge in [0, 0.05) is 11.5 Å². The topological polar surface area (TPSA) is 65.0 Å². The molecule has 0 aromatic rings. The molecule has 0 amide bonds. The lowest BCUT2D eigenvalue weighted by Crippen LogP contribution is -2.56. The van der Waals surface area contributed by atoms with Gasteiger partial charge < -0.3 is 9.84 Å². The maximum absolute atomic E-state index is 11.9. The van der Waals surface area contributed by atoms with Crippen LogP contribution in [0.3, 0.4) is 0 Å². The highest BCUT2D eigenvalue weighted by molar-refractivity contribution is 5.91. The van der Waals surface area contributed by atoms with Gasteiger partial charge in [-0.3, -0.25) is 0 Å². The molecule has 0 aromatic carbocycles. The van der Waals surface area contributed by atoms with Crippen LogP contribution in [0.25, 0.3) is 0 Å². The molecule has 0 spiro atoms. The van der Waals surface area contributed by atoms with Gasteiger partial charge in [0.2, 0.25) is 0 Å². The molecule has 2 heterocycles. The van der Waals surface area contributed by atoms with E-state index in [0.717, 1.165) is 0 Å². The molecule has 108 valence electrons. The van der Waals surface area contributed by atoms with Gasteiger partial charge in [-0.15, -0.1) is 0 Å². The Balaban J connectivity index is 1.88. The molecule has 0 radical (unpaired) electrons. The van der Waals surface area contributed by atoms with E-state index in [-0.39, 0.29) is 23.9 Å². The summed E-state index contributed by atoms with van der Waals surface area (Å²) in [5.41, 5.74) is -2.20. The summed E-state index contributed by atoms with van der Waals surface area (Å²) in [6.45, 7) is 7.52. The monoisotopic (exact) mass is 278 g/mol.